The lowest BCUT2D eigenvalue weighted by molar-refractivity contribution is -0.118. The summed E-state index contributed by atoms with van der Waals surface area (Å²) in [6.45, 7) is 4.00. The van der Waals surface area contributed by atoms with Gasteiger partial charge in [0.2, 0.25) is 5.91 Å². The van der Waals surface area contributed by atoms with Gasteiger partial charge in [0, 0.05) is 56.4 Å². The number of piperidine rings is 1. The average Bonchev–Trinajstić information content (AvgIpc) is 3.01. The zero-order valence-electron chi connectivity index (χ0n) is 15.1. The number of nitrogens with two attached hydrogens (primary N) is 1. The molecule has 2 aliphatic rings. The van der Waals surface area contributed by atoms with Crippen LogP contribution < -0.4 is 10.6 Å². The Bertz CT molecular complexity index is 756. The number of carbonyl (C=O) groups excluding carboxylic acids is 1. The zero-order chi connectivity index (χ0) is 17.9. The minimum Gasteiger partial charge on any atom is -0.370 e. The van der Waals surface area contributed by atoms with E-state index < -0.39 is 0 Å². The maximum Gasteiger partial charge on any atom is 0.218 e. The maximum absolute atomic E-state index is 11.5. The van der Waals surface area contributed by atoms with Crippen LogP contribution in [0.3, 0.4) is 0 Å². The number of para-hydroxylation sites is 1. The van der Waals surface area contributed by atoms with Crippen molar-refractivity contribution in [3.63, 3.8) is 0 Å². The zero-order valence-corrected chi connectivity index (χ0v) is 15.1. The highest BCUT2D eigenvalue weighted by Crippen LogP contribution is 2.40. The second-order valence-corrected chi connectivity index (χ2v) is 7.41. The third-order valence-corrected chi connectivity index (χ3v) is 5.66. The predicted molar refractivity (Wildman–Crippen MR) is 103 cm³/mol. The van der Waals surface area contributed by atoms with Crippen LogP contribution in [0.5, 0.6) is 0 Å². The molecule has 1 aromatic heterocycles. The predicted octanol–water partition coefficient (Wildman–Crippen LogP) is 2.53. The van der Waals surface area contributed by atoms with Gasteiger partial charge in [-0.1, -0.05) is 24.3 Å². The Morgan fingerprint density at radius 2 is 1.88 bits per heavy atom. The molecule has 0 saturated carbocycles. The van der Waals surface area contributed by atoms with Gasteiger partial charge in [0.1, 0.15) is 0 Å². The normalized spacial score (nSPS) is 20.9. The van der Waals surface area contributed by atoms with Gasteiger partial charge in [-0.15, -0.1) is 0 Å². The number of hydrogen-bond acceptors (Lipinski definition) is 4. The van der Waals surface area contributed by atoms with Gasteiger partial charge < -0.3 is 10.6 Å². The fraction of sp³-hybridized carbons (Fsp3) is 0.429. The highest BCUT2D eigenvalue weighted by Gasteiger charge is 2.34. The van der Waals surface area contributed by atoms with E-state index in [1.807, 2.05) is 12.3 Å². The Hall–Kier alpha value is -2.40. The number of likely N-dealkylation sites (tertiary alicyclic amines) is 1. The smallest absolute Gasteiger partial charge is 0.218 e. The molecule has 0 spiro atoms. The third-order valence-electron chi connectivity index (χ3n) is 5.66. The van der Waals surface area contributed by atoms with E-state index in [1.165, 1.54) is 11.3 Å². The molecule has 1 atom stereocenters. The van der Waals surface area contributed by atoms with E-state index in [4.69, 9.17) is 5.73 Å². The van der Waals surface area contributed by atoms with Crippen LogP contribution in [-0.4, -0.2) is 41.5 Å². The summed E-state index contributed by atoms with van der Waals surface area (Å²) in [6.07, 6.45) is 4.59. The van der Waals surface area contributed by atoms with E-state index >= 15 is 0 Å². The van der Waals surface area contributed by atoms with Crippen LogP contribution in [0.25, 0.3) is 0 Å². The molecule has 0 bridgehead atoms. The monoisotopic (exact) mass is 350 g/mol. The van der Waals surface area contributed by atoms with E-state index in [9.17, 15) is 4.79 Å². The number of primary amides is 1. The number of aromatic nitrogens is 1. The Morgan fingerprint density at radius 3 is 2.62 bits per heavy atom. The molecule has 26 heavy (non-hydrogen) atoms. The van der Waals surface area contributed by atoms with Crippen molar-refractivity contribution in [3.05, 3.63) is 59.9 Å². The van der Waals surface area contributed by atoms with Crippen LogP contribution >= 0.6 is 0 Å². The van der Waals surface area contributed by atoms with Gasteiger partial charge in [-0.05, 0) is 36.6 Å². The first kappa shape index (κ1) is 17.0. The number of anilines is 1. The van der Waals surface area contributed by atoms with Gasteiger partial charge in [-0.3, -0.25) is 14.7 Å². The number of amides is 1. The molecule has 1 saturated heterocycles. The molecular weight excluding hydrogens is 324 g/mol. The lowest BCUT2D eigenvalue weighted by Gasteiger charge is -2.38. The Labute approximate surface area is 154 Å². The SMILES string of the molecule is NC(=O)C[C@H]1CN(C2CCN(Cc3ccccn3)CC2)c2ccccc21. The first-order valence-electron chi connectivity index (χ1n) is 9.47. The van der Waals surface area contributed by atoms with Crippen LogP contribution in [0.15, 0.2) is 48.7 Å². The van der Waals surface area contributed by atoms with Gasteiger partial charge in [-0.2, -0.15) is 0 Å². The molecule has 2 aliphatic heterocycles. The number of pyridine rings is 1. The van der Waals surface area contributed by atoms with E-state index in [-0.39, 0.29) is 11.8 Å². The lowest BCUT2D eigenvalue weighted by Crippen LogP contribution is -2.44. The van der Waals surface area contributed by atoms with Crippen LogP contribution in [0.4, 0.5) is 5.69 Å². The summed E-state index contributed by atoms with van der Waals surface area (Å²) in [6, 6.07) is 15.1. The first-order chi connectivity index (χ1) is 12.7. The minimum absolute atomic E-state index is 0.211. The number of nitrogens with zero attached hydrogens (tertiary/aromatic N) is 3. The fourth-order valence-corrected chi connectivity index (χ4v) is 4.40. The highest BCUT2D eigenvalue weighted by atomic mass is 16.1. The van der Waals surface area contributed by atoms with Crippen molar-refractivity contribution in [3.8, 4) is 0 Å². The fourth-order valence-electron chi connectivity index (χ4n) is 4.40. The molecule has 1 aromatic carbocycles. The highest BCUT2D eigenvalue weighted by molar-refractivity contribution is 5.76. The summed E-state index contributed by atoms with van der Waals surface area (Å²) in [7, 11) is 0. The van der Waals surface area contributed by atoms with Gasteiger partial charge in [0.25, 0.3) is 0 Å². The number of rotatable bonds is 5. The van der Waals surface area contributed by atoms with Gasteiger partial charge in [0.15, 0.2) is 0 Å². The molecule has 2 aromatic rings. The second kappa shape index (κ2) is 7.46. The molecule has 0 radical (unpaired) electrons. The summed E-state index contributed by atoms with van der Waals surface area (Å²) in [5, 5.41) is 0. The van der Waals surface area contributed by atoms with Crippen LogP contribution in [0.1, 0.15) is 36.4 Å². The topological polar surface area (TPSA) is 62.5 Å². The molecule has 4 rings (SSSR count). The van der Waals surface area contributed by atoms with Crippen LogP contribution in [-0.2, 0) is 11.3 Å². The van der Waals surface area contributed by atoms with Crippen molar-refractivity contribution in [2.24, 2.45) is 5.73 Å². The van der Waals surface area contributed by atoms with E-state index in [2.05, 4.69) is 51.2 Å². The number of hydrogen-bond donors (Lipinski definition) is 1. The molecular formula is C21H26N4O. The molecule has 136 valence electrons. The summed E-state index contributed by atoms with van der Waals surface area (Å²) in [5.74, 6) is 0.0204. The van der Waals surface area contributed by atoms with Gasteiger partial charge in [-0.25, -0.2) is 0 Å². The van der Waals surface area contributed by atoms with Gasteiger partial charge in [0.05, 0.1) is 5.69 Å². The van der Waals surface area contributed by atoms with Crippen molar-refractivity contribution in [1.29, 1.82) is 0 Å². The number of carbonyl (C=O) groups is 1. The Kier molecular flexibility index (Phi) is 4.89. The minimum atomic E-state index is -0.211. The van der Waals surface area contributed by atoms with Gasteiger partial charge >= 0.3 is 0 Å². The van der Waals surface area contributed by atoms with Crippen molar-refractivity contribution >= 4 is 11.6 Å². The van der Waals surface area contributed by atoms with Crippen molar-refractivity contribution in [2.45, 2.75) is 37.8 Å². The van der Waals surface area contributed by atoms with Crippen molar-refractivity contribution in [1.82, 2.24) is 9.88 Å². The first-order valence-corrected chi connectivity index (χ1v) is 9.47. The van der Waals surface area contributed by atoms with E-state index in [0.717, 1.165) is 44.7 Å². The quantitative estimate of drug-likeness (QED) is 0.900. The molecule has 0 aliphatic carbocycles. The molecule has 1 fully saturated rings. The standard InChI is InChI=1S/C21H26N4O/c22-21(26)13-16-14-25(20-7-2-1-6-19(16)20)18-8-11-24(12-9-18)15-17-5-3-4-10-23-17/h1-7,10,16,18H,8-9,11-15H2,(H2,22,26)/t16-/m0/s1. The molecule has 2 N–H and O–H groups in total. The maximum atomic E-state index is 11.5. The van der Waals surface area contributed by atoms with Crippen molar-refractivity contribution in [2.75, 3.05) is 24.5 Å². The Morgan fingerprint density at radius 1 is 1.12 bits per heavy atom. The molecule has 1 amide bonds. The summed E-state index contributed by atoms with van der Waals surface area (Å²) >= 11 is 0. The average molecular weight is 350 g/mol. The van der Waals surface area contributed by atoms with Crippen LogP contribution in [0.2, 0.25) is 0 Å². The van der Waals surface area contributed by atoms with Crippen LogP contribution in [0, 0.1) is 0 Å². The lowest BCUT2D eigenvalue weighted by atomic mass is 9.98. The number of benzene rings is 1. The molecule has 3 heterocycles. The summed E-state index contributed by atoms with van der Waals surface area (Å²) < 4.78 is 0. The molecule has 0 unspecified atom stereocenters. The number of fused-ring (bicyclic) bond motifs is 1. The van der Waals surface area contributed by atoms with E-state index in [0.29, 0.717) is 12.5 Å². The largest absolute Gasteiger partial charge is 0.370 e. The van der Waals surface area contributed by atoms with Crippen molar-refractivity contribution < 1.29 is 4.79 Å². The third kappa shape index (κ3) is 3.58. The summed E-state index contributed by atoms with van der Waals surface area (Å²) in [5.41, 5.74) is 9.19. The molecule has 5 heteroatoms. The Balaban J connectivity index is 1.41. The second-order valence-electron chi connectivity index (χ2n) is 7.41. The summed E-state index contributed by atoms with van der Waals surface area (Å²) in [4.78, 5) is 20.9. The van der Waals surface area contributed by atoms with E-state index in [1.54, 1.807) is 0 Å². The molecule has 5 nitrogen and oxygen atoms in total.